The largest absolute Gasteiger partial charge is 0.313 e. The molecule has 1 aromatic rings. The van der Waals surface area contributed by atoms with Gasteiger partial charge in [-0.2, -0.15) is 0 Å². The maximum atomic E-state index is 13.1. The van der Waals surface area contributed by atoms with E-state index in [1.165, 1.54) is 31.0 Å². The van der Waals surface area contributed by atoms with Crippen molar-refractivity contribution in [1.82, 2.24) is 0 Å². The summed E-state index contributed by atoms with van der Waals surface area (Å²) in [5, 5.41) is 7.42. The van der Waals surface area contributed by atoms with Crippen molar-refractivity contribution in [3.63, 3.8) is 0 Å². The van der Waals surface area contributed by atoms with Crippen molar-refractivity contribution in [3.8, 4) is 0 Å². The molecule has 1 atom stereocenters. The van der Waals surface area contributed by atoms with Crippen LogP contribution in [0.2, 0.25) is 0 Å². The minimum atomic E-state index is 0.331. The summed E-state index contributed by atoms with van der Waals surface area (Å²) >= 11 is 0. The van der Waals surface area contributed by atoms with Crippen molar-refractivity contribution in [3.05, 3.63) is 28.8 Å². The predicted octanol–water partition coefficient (Wildman–Crippen LogP) is 4.14. The molecule has 3 rings (SSSR count). The predicted molar refractivity (Wildman–Crippen MR) is 72.0 cm³/mol. The van der Waals surface area contributed by atoms with E-state index in [-0.39, 0.29) is 0 Å². The number of hydrogen-bond donors (Lipinski definition) is 2. The van der Waals surface area contributed by atoms with Crippen LogP contribution in [0.25, 0.3) is 0 Å². The summed E-state index contributed by atoms with van der Waals surface area (Å²) in [5.74, 6) is 0.331. The first-order valence-electron chi connectivity index (χ1n) is 6.69. The van der Waals surface area contributed by atoms with Gasteiger partial charge in [0.1, 0.15) is 0 Å². The van der Waals surface area contributed by atoms with E-state index in [0.29, 0.717) is 17.0 Å². The Morgan fingerprint density at radius 1 is 1.44 bits per heavy atom. The number of rotatable bonds is 3. The van der Waals surface area contributed by atoms with E-state index in [1.807, 2.05) is 18.5 Å². The number of anilines is 1. The summed E-state index contributed by atoms with van der Waals surface area (Å²) in [6.07, 6.45) is 6.97. The monoisotopic (exact) mass is 246 g/mol. The molecule has 0 aliphatic heterocycles. The van der Waals surface area contributed by atoms with Crippen molar-refractivity contribution in [2.24, 2.45) is 5.41 Å². The Balaban J connectivity index is 2.12. The van der Waals surface area contributed by atoms with Crippen molar-refractivity contribution in [1.29, 1.82) is 5.41 Å². The molecule has 2 N–H and O–H groups in total. The van der Waals surface area contributed by atoms with Crippen molar-refractivity contribution >= 4 is 11.9 Å². The van der Waals surface area contributed by atoms with Gasteiger partial charge in [0.2, 0.25) is 0 Å². The van der Waals surface area contributed by atoms with E-state index in [0.717, 1.165) is 24.0 Å². The van der Waals surface area contributed by atoms with E-state index >= 15 is 0 Å². The number of nitrogens with one attached hydrogen (secondary N) is 2. The molecule has 0 heterocycles. The van der Waals surface area contributed by atoms with Crippen molar-refractivity contribution in [2.45, 2.75) is 44.9 Å². The Kier molecular flexibility index (Phi) is 2.65. The van der Waals surface area contributed by atoms with E-state index in [2.05, 4.69) is 6.07 Å². The fourth-order valence-corrected chi connectivity index (χ4v) is 3.68. The Labute approximate surface area is 107 Å². The fourth-order valence-electron chi connectivity index (χ4n) is 3.68. The maximum absolute atomic E-state index is 13.1. The first kappa shape index (κ1) is 11.7. The van der Waals surface area contributed by atoms with E-state index in [9.17, 15) is 4.48 Å². The summed E-state index contributed by atoms with van der Waals surface area (Å²) in [6.45, 7) is 2.01. The van der Waals surface area contributed by atoms with Gasteiger partial charge in [-0.3, -0.25) is 0 Å². The van der Waals surface area contributed by atoms with Crippen LogP contribution in [0, 0.1) is 17.7 Å². The normalized spacial score (nSPS) is 23.6. The van der Waals surface area contributed by atoms with Crippen LogP contribution in [0.15, 0.2) is 12.1 Å². The van der Waals surface area contributed by atoms with Crippen LogP contribution in [0.5, 0.6) is 0 Å². The van der Waals surface area contributed by atoms with Crippen LogP contribution in [-0.4, -0.2) is 6.21 Å². The maximum Gasteiger partial charge on any atom is 0.0696 e. The number of aryl methyl sites for hydroxylation is 2. The Hall–Kier alpha value is -1.38. The zero-order valence-electron chi connectivity index (χ0n) is 10.7. The average Bonchev–Trinajstić information content (AvgIpc) is 3.13. The molecule has 0 saturated heterocycles. The lowest BCUT2D eigenvalue weighted by Gasteiger charge is -2.35. The zero-order valence-corrected chi connectivity index (χ0v) is 10.7. The molecule has 1 saturated carbocycles. The topological polar surface area (TPSA) is 35.9 Å². The lowest BCUT2D eigenvalue weighted by Crippen LogP contribution is -2.23. The first-order valence-corrected chi connectivity index (χ1v) is 6.69. The summed E-state index contributed by atoms with van der Waals surface area (Å²) < 4.78 is 13.1. The molecular weight excluding hydrogens is 227 g/mol. The lowest BCUT2D eigenvalue weighted by molar-refractivity contribution is 0.354. The Morgan fingerprint density at radius 3 is 2.83 bits per heavy atom. The highest BCUT2D eigenvalue weighted by Gasteiger charge is 2.51. The van der Waals surface area contributed by atoms with Gasteiger partial charge in [-0.25, -0.2) is 5.54 Å². The molecule has 0 bridgehead atoms. The molecule has 96 valence electrons. The van der Waals surface area contributed by atoms with Gasteiger partial charge < -0.3 is 5.41 Å². The van der Waals surface area contributed by atoms with Crippen LogP contribution in [0.4, 0.5) is 10.2 Å². The number of hydrogen-bond acceptors (Lipinski definition) is 2. The number of halogens is 1. The molecule has 0 radical (unpaired) electrons. The third-order valence-electron chi connectivity index (χ3n) is 4.74. The molecule has 1 fully saturated rings. The van der Waals surface area contributed by atoms with Gasteiger partial charge in [-0.15, -0.1) is 4.48 Å². The minimum absolute atomic E-state index is 0.331. The van der Waals surface area contributed by atoms with Gasteiger partial charge >= 0.3 is 0 Å². The second-order valence-electron chi connectivity index (χ2n) is 5.83. The van der Waals surface area contributed by atoms with Gasteiger partial charge in [0.05, 0.1) is 5.69 Å². The molecule has 2 nitrogen and oxygen atoms in total. The number of benzene rings is 1. The van der Waals surface area contributed by atoms with Crippen LogP contribution >= 0.6 is 0 Å². The Bertz CT molecular complexity index is 474. The van der Waals surface area contributed by atoms with Gasteiger partial charge in [-0.05, 0) is 79.3 Å². The van der Waals surface area contributed by atoms with Crippen LogP contribution in [-0.2, 0) is 6.42 Å². The highest BCUT2D eigenvalue weighted by atomic mass is 19.2. The van der Waals surface area contributed by atoms with E-state index in [4.69, 9.17) is 5.41 Å². The van der Waals surface area contributed by atoms with Crippen LogP contribution < -0.4 is 5.54 Å². The van der Waals surface area contributed by atoms with Crippen molar-refractivity contribution < 1.29 is 4.48 Å². The molecule has 0 amide bonds. The van der Waals surface area contributed by atoms with Crippen molar-refractivity contribution in [2.75, 3.05) is 5.54 Å². The number of fused-ring (bicyclic) bond motifs is 1. The highest BCUT2D eigenvalue weighted by molar-refractivity contribution is 5.63. The van der Waals surface area contributed by atoms with Crippen LogP contribution in [0.1, 0.15) is 48.3 Å². The average molecular weight is 246 g/mol. The van der Waals surface area contributed by atoms with Gasteiger partial charge in [0.15, 0.2) is 0 Å². The van der Waals surface area contributed by atoms with Gasteiger partial charge in [0.25, 0.3) is 0 Å². The highest BCUT2D eigenvalue weighted by Crippen LogP contribution is 2.63. The fraction of sp³-hybridized carbons (Fsp3) is 0.533. The van der Waals surface area contributed by atoms with E-state index < -0.39 is 0 Å². The summed E-state index contributed by atoms with van der Waals surface area (Å²) in [5.41, 5.74) is 6.39. The summed E-state index contributed by atoms with van der Waals surface area (Å²) in [4.78, 5) is 0. The third-order valence-corrected chi connectivity index (χ3v) is 4.74. The third kappa shape index (κ3) is 1.64. The molecule has 2 aliphatic rings. The molecule has 1 unspecified atom stereocenters. The minimum Gasteiger partial charge on any atom is -0.313 e. The molecule has 3 heteroatoms. The van der Waals surface area contributed by atoms with Crippen LogP contribution in [0.3, 0.4) is 0 Å². The summed E-state index contributed by atoms with van der Waals surface area (Å²) in [7, 11) is 0. The Morgan fingerprint density at radius 2 is 2.22 bits per heavy atom. The van der Waals surface area contributed by atoms with Gasteiger partial charge in [-0.1, -0.05) is 6.07 Å². The second-order valence-corrected chi connectivity index (χ2v) is 5.83. The van der Waals surface area contributed by atoms with Gasteiger partial charge in [0, 0.05) is 0 Å². The molecule has 1 aromatic carbocycles. The molecule has 1 spiro atoms. The molecular formula is C15H19FN2. The smallest absolute Gasteiger partial charge is 0.0696 e. The van der Waals surface area contributed by atoms with E-state index in [1.54, 1.807) is 0 Å². The lowest BCUT2D eigenvalue weighted by atomic mass is 9.70. The zero-order chi connectivity index (χ0) is 12.8. The second kappa shape index (κ2) is 4.08. The quantitative estimate of drug-likeness (QED) is 0.610. The standard InChI is InChI=1S/C15H19FN2/c1-10-8-11-2-4-15(5-6-15)12(3-7-17)14(11)13(9-10)18-16/h7-9,12,17-18H,2-6H2,1H3. The molecule has 2 aliphatic carbocycles. The first-order chi connectivity index (χ1) is 8.70. The summed E-state index contributed by atoms with van der Waals surface area (Å²) in [6, 6.07) is 4.07. The SMILES string of the molecule is Cc1cc2c(c(NF)c1)C(CC=N)C1(CC2)CC1. The molecule has 18 heavy (non-hydrogen) atoms. The molecule has 0 aromatic heterocycles.